The average molecular weight is 236 g/mol. The first-order chi connectivity index (χ1) is 8.09. The fraction of sp³-hybridized carbons (Fsp3) is 0.467. The third-order valence-corrected chi connectivity index (χ3v) is 1.91. The lowest BCUT2D eigenvalue weighted by atomic mass is 10.1. The van der Waals surface area contributed by atoms with Crippen LogP contribution in [0.2, 0.25) is 0 Å². The van der Waals surface area contributed by atoms with Gasteiger partial charge in [0.15, 0.2) is 0 Å². The highest BCUT2D eigenvalue weighted by Crippen LogP contribution is 2.15. The Morgan fingerprint density at radius 1 is 1.06 bits per heavy atom. The van der Waals surface area contributed by atoms with Gasteiger partial charge < -0.3 is 11.1 Å². The molecule has 0 saturated heterocycles. The Kier molecular flexibility index (Phi) is 11.7. The smallest absolute Gasteiger partial charge is 0.0383 e. The van der Waals surface area contributed by atoms with E-state index >= 15 is 0 Å². The molecule has 0 aliphatic heterocycles. The lowest BCUT2D eigenvalue weighted by Crippen LogP contribution is -2.04. The van der Waals surface area contributed by atoms with Crippen molar-refractivity contribution < 1.29 is 0 Å². The van der Waals surface area contributed by atoms with Crippen molar-refractivity contribution in [2.24, 2.45) is 5.92 Å². The van der Waals surface area contributed by atoms with E-state index in [1.165, 1.54) is 0 Å². The molecule has 0 aliphatic carbocycles. The zero-order chi connectivity index (χ0) is 13.8. The fourth-order valence-electron chi connectivity index (χ4n) is 0.896. The Morgan fingerprint density at radius 2 is 1.47 bits per heavy atom. The average Bonchev–Trinajstić information content (AvgIpc) is 2.37. The lowest BCUT2D eigenvalue weighted by Gasteiger charge is -2.12. The summed E-state index contributed by atoms with van der Waals surface area (Å²) in [4.78, 5) is 0. The minimum Gasteiger partial charge on any atom is -0.399 e. The number of nitrogens with two attached hydrogens (primary N) is 1. The van der Waals surface area contributed by atoms with Gasteiger partial charge >= 0.3 is 0 Å². The van der Waals surface area contributed by atoms with Crippen molar-refractivity contribution in [3.8, 4) is 0 Å². The summed E-state index contributed by atoms with van der Waals surface area (Å²) in [5.41, 5.74) is 8.40. The molecule has 0 unspecified atom stereocenters. The van der Waals surface area contributed by atoms with Gasteiger partial charge in [-0.15, -0.1) is 0 Å². The van der Waals surface area contributed by atoms with E-state index in [9.17, 15) is 0 Å². The van der Waals surface area contributed by atoms with Gasteiger partial charge in [-0.1, -0.05) is 48.1 Å². The predicted octanol–water partition coefficient (Wildman–Crippen LogP) is 4.90. The highest BCUT2D eigenvalue weighted by molar-refractivity contribution is 5.53. The highest BCUT2D eigenvalue weighted by atomic mass is 14.9. The van der Waals surface area contributed by atoms with Gasteiger partial charge in [-0.3, -0.25) is 0 Å². The first-order valence-corrected chi connectivity index (χ1v) is 6.41. The molecule has 0 amide bonds. The molecule has 1 rings (SSSR count). The van der Waals surface area contributed by atoms with Crippen LogP contribution < -0.4 is 11.1 Å². The second kappa shape index (κ2) is 11.1. The number of allylic oxidation sites excluding steroid dienone is 1. The normalized spacial score (nSPS) is 8.41. The summed E-state index contributed by atoms with van der Waals surface area (Å²) >= 11 is 0. The monoisotopic (exact) mass is 236 g/mol. The number of anilines is 2. The number of hydrogen-bond acceptors (Lipinski definition) is 2. The van der Waals surface area contributed by atoms with Crippen LogP contribution in [0.4, 0.5) is 11.4 Å². The van der Waals surface area contributed by atoms with Crippen LogP contribution >= 0.6 is 0 Å². The summed E-state index contributed by atoms with van der Waals surface area (Å²) in [5.74, 6) is 0.442. The molecule has 0 bridgehead atoms. The van der Waals surface area contributed by atoms with Gasteiger partial charge in [-0.25, -0.2) is 0 Å². The van der Waals surface area contributed by atoms with Crippen molar-refractivity contribution in [1.29, 1.82) is 0 Å². The van der Waals surface area contributed by atoms with E-state index in [0.717, 1.165) is 17.1 Å². The van der Waals surface area contributed by atoms with Crippen molar-refractivity contribution in [2.75, 3.05) is 11.1 Å². The number of hydrogen-bond donors (Lipinski definition) is 2. The van der Waals surface area contributed by atoms with E-state index < -0.39 is 0 Å². The Labute approximate surface area is 107 Å². The molecule has 0 heterocycles. The standard InChI is InChI=1S/C11H16N2.2C2H6/c1-8(2)9(3)13-11-6-4-10(12)5-7-11;2*1-2/h4-8,13H,3,12H2,1-2H3;2*1-2H3. The van der Waals surface area contributed by atoms with E-state index in [-0.39, 0.29) is 0 Å². The molecule has 0 spiro atoms. The van der Waals surface area contributed by atoms with Crippen molar-refractivity contribution in [3.63, 3.8) is 0 Å². The third-order valence-electron chi connectivity index (χ3n) is 1.91. The Bertz CT molecular complexity index is 286. The first-order valence-electron chi connectivity index (χ1n) is 6.41. The van der Waals surface area contributed by atoms with E-state index in [2.05, 4.69) is 25.7 Å². The van der Waals surface area contributed by atoms with Crippen LogP contribution in [0, 0.1) is 5.92 Å². The van der Waals surface area contributed by atoms with Crippen molar-refractivity contribution in [3.05, 3.63) is 36.5 Å². The minimum absolute atomic E-state index is 0.442. The van der Waals surface area contributed by atoms with E-state index in [1.54, 1.807) is 0 Å². The maximum absolute atomic E-state index is 5.57. The first kappa shape index (κ1) is 17.9. The van der Waals surface area contributed by atoms with Gasteiger partial charge in [0.1, 0.15) is 0 Å². The molecule has 1 aromatic carbocycles. The number of rotatable bonds is 3. The molecule has 0 fully saturated rings. The molecule has 3 N–H and O–H groups in total. The van der Waals surface area contributed by atoms with Crippen molar-refractivity contribution in [2.45, 2.75) is 41.5 Å². The summed E-state index contributed by atoms with van der Waals surface area (Å²) in [5, 5.41) is 3.22. The Morgan fingerprint density at radius 3 is 1.82 bits per heavy atom. The summed E-state index contributed by atoms with van der Waals surface area (Å²) in [7, 11) is 0. The van der Waals surface area contributed by atoms with E-state index in [4.69, 9.17) is 5.73 Å². The molecule has 0 saturated carbocycles. The topological polar surface area (TPSA) is 38.0 Å². The van der Waals surface area contributed by atoms with E-state index in [0.29, 0.717) is 5.92 Å². The number of nitrogens with one attached hydrogen (secondary N) is 1. The molecular weight excluding hydrogens is 208 g/mol. The van der Waals surface area contributed by atoms with Crippen LogP contribution in [0.5, 0.6) is 0 Å². The Hall–Kier alpha value is -1.44. The SMILES string of the molecule is C=C(Nc1ccc(N)cc1)C(C)C.CC.CC. The summed E-state index contributed by atoms with van der Waals surface area (Å²) in [6, 6.07) is 7.64. The van der Waals surface area contributed by atoms with Crippen LogP contribution in [-0.4, -0.2) is 0 Å². The highest BCUT2D eigenvalue weighted by Gasteiger charge is 1.99. The number of nitrogen functional groups attached to an aromatic ring is 1. The molecule has 0 aromatic heterocycles. The maximum Gasteiger partial charge on any atom is 0.0383 e. The van der Waals surface area contributed by atoms with E-state index in [1.807, 2.05) is 52.0 Å². The third kappa shape index (κ3) is 8.38. The summed E-state index contributed by atoms with van der Waals surface area (Å²) in [6.07, 6.45) is 0. The molecular formula is C15H28N2. The largest absolute Gasteiger partial charge is 0.399 e. The van der Waals surface area contributed by atoms with Gasteiger partial charge in [-0.2, -0.15) is 0 Å². The quantitative estimate of drug-likeness (QED) is 0.732. The summed E-state index contributed by atoms with van der Waals surface area (Å²) < 4.78 is 0. The zero-order valence-electron chi connectivity index (χ0n) is 12.2. The number of benzene rings is 1. The second-order valence-electron chi connectivity index (χ2n) is 3.43. The van der Waals surface area contributed by atoms with Crippen molar-refractivity contribution >= 4 is 11.4 Å². The second-order valence-corrected chi connectivity index (χ2v) is 3.43. The van der Waals surface area contributed by atoms with Crippen LogP contribution in [0.1, 0.15) is 41.5 Å². The zero-order valence-corrected chi connectivity index (χ0v) is 12.2. The van der Waals surface area contributed by atoms with Gasteiger partial charge in [0, 0.05) is 17.1 Å². The molecule has 0 aliphatic rings. The molecule has 0 atom stereocenters. The molecule has 1 aromatic rings. The summed E-state index contributed by atoms with van der Waals surface area (Å²) in [6.45, 7) is 16.1. The van der Waals surface area contributed by atoms with Crippen LogP contribution in [0.3, 0.4) is 0 Å². The lowest BCUT2D eigenvalue weighted by molar-refractivity contribution is 0.778. The van der Waals surface area contributed by atoms with Crippen LogP contribution in [0.15, 0.2) is 36.5 Å². The van der Waals surface area contributed by atoms with Gasteiger partial charge in [0.05, 0.1) is 0 Å². The van der Waals surface area contributed by atoms with Gasteiger partial charge in [-0.05, 0) is 30.2 Å². The fourth-order valence-corrected chi connectivity index (χ4v) is 0.896. The van der Waals surface area contributed by atoms with Crippen LogP contribution in [0.25, 0.3) is 0 Å². The van der Waals surface area contributed by atoms with Gasteiger partial charge in [0.25, 0.3) is 0 Å². The Balaban J connectivity index is 0. The predicted molar refractivity (Wildman–Crippen MR) is 81.2 cm³/mol. The molecule has 17 heavy (non-hydrogen) atoms. The minimum atomic E-state index is 0.442. The molecule has 0 radical (unpaired) electrons. The molecule has 2 heteroatoms. The van der Waals surface area contributed by atoms with Gasteiger partial charge in [0.2, 0.25) is 0 Å². The van der Waals surface area contributed by atoms with Crippen LogP contribution in [-0.2, 0) is 0 Å². The van der Waals surface area contributed by atoms with Crippen molar-refractivity contribution in [1.82, 2.24) is 0 Å². The maximum atomic E-state index is 5.57. The molecule has 2 nitrogen and oxygen atoms in total. The molecule has 98 valence electrons.